The van der Waals surface area contributed by atoms with Crippen molar-refractivity contribution in [1.29, 1.82) is 0 Å². The summed E-state index contributed by atoms with van der Waals surface area (Å²) in [5.41, 5.74) is 2.26. The molecule has 20 heavy (non-hydrogen) atoms. The molecule has 0 atom stereocenters. The van der Waals surface area contributed by atoms with Crippen LogP contribution in [0.25, 0.3) is 0 Å². The van der Waals surface area contributed by atoms with Gasteiger partial charge in [-0.2, -0.15) is 0 Å². The molecule has 4 heteroatoms. The lowest BCUT2D eigenvalue weighted by Gasteiger charge is -2.34. The quantitative estimate of drug-likeness (QED) is 0.800. The van der Waals surface area contributed by atoms with Crippen molar-refractivity contribution in [3.05, 3.63) is 58.6 Å². The number of halogens is 1. The van der Waals surface area contributed by atoms with Crippen molar-refractivity contribution in [2.24, 2.45) is 0 Å². The maximum atomic E-state index is 5.97. The predicted octanol–water partition coefficient (Wildman–Crippen LogP) is 3.90. The lowest BCUT2D eigenvalue weighted by Crippen LogP contribution is -2.30. The van der Waals surface area contributed by atoms with Crippen LogP contribution in [0.5, 0.6) is 0 Å². The summed E-state index contributed by atoms with van der Waals surface area (Å²) in [5, 5.41) is 0.529. The van der Waals surface area contributed by atoms with Gasteiger partial charge in [-0.25, -0.2) is 9.97 Å². The fourth-order valence-electron chi connectivity index (χ4n) is 2.49. The van der Waals surface area contributed by atoms with E-state index in [1.54, 1.807) is 0 Å². The Morgan fingerprint density at radius 3 is 2.65 bits per heavy atom. The molecule has 1 fully saturated rings. The van der Waals surface area contributed by atoms with Gasteiger partial charge in [0.05, 0.1) is 12.7 Å². The molecule has 1 saturated carbocycles. The highest BCUT2D eigenvalue weighted by Gasteiger charge is 2.32. The lowest BCUT2D eigenvalue weighted by molar-refractivity contribution is -0.0215. The summed E-state index contributed by atoms with van der Waals surface area (Å²) in [7, 11) is 0. The van der Waals surface area contributed by atoms with Gasteiger partial charge in [0.2, 0.25) is 0 Å². The molecule has 0 spiro atoms. The molecule has 3 rings (SSSR count). The van der Waals surface area contributed by atoms with Gasteiger partial charge < -0.3 is 4.74 Å². The third kappa shape index (κ3) is 3.17. The molecular weight excluding hydrogens is 272 g/mol. The van der Waals surface area contributed by atoms with Crippen molar-refractivity contribution in [1.82, 2.24) is 9.97 Å². The maximum Gasteiger partial charge on any atom is 0.133 e. The summed E-state index contributed by atoms with van der Waals surface area (Å²) < 4.78 is 5.90. The van der Waals surface area contributed by atoms with Gasteiger partial charge in [0, 0.05) is 11.6 Å². The van der Waals surface area contributed by atoms with Gasteiger partial charge in [0.25, 0.3) is 0 Å². The van der Waals surface area contributed by atoms with Crippen LogP contribution in [0.4, 0.5) is 0 Å². The van der Waals surface area contributed by atoms with Crippen LogP contribution in [-0.4, -0.2) is 16.1 Å². The first-order valence-corrected chi connectivity index (χ1v) is 7.25. The van der Waals surface area contributed by atoms with E-state index in [1.165, 1.54) is 5.56 Å². The minimum absolute atomic E-state index is 0.328. The normalized spacial score (nSPS) is 21.5. The Kier molecular flexibility index (Phi) is 3.99. The highest BCUT2D eigenvalue weighted by Crippen LogP contribution is 2.38. The van der Waals surface area contributed by atoms with E-state index in [2.05, 4.69) is 22.1 Å². The minimum Gasteiger partial charge on any atom is -0.373 e. The van der Waals surface area contributed by atoms with Gasteiger partial charge in [-0.05, 0) is 31.4 Å². The van der Waals surface area contributed by atoms with Crippen molar-refractivity contribution in [2.75, 3.05) is 0 Å². The number of aromatic nitrogens is 2. The summed E-state index contributed by atoms with van der Waals surface area (Å²) >= 11 is 5.97. The summed E-state index contributed by atoms with van der Waals surface area (Å²) in [6.45, 7) is 2.55. The van der Waals surface area contributed by atoms with E-state index in [4.69, 9.17) is 16.3 Å². The van der Waals surface area contributed by atoms with E-state index < -0.39 is 0 Å². The zero-order chi connectivity index (χ0) is 13.9. The van der Waals surface area contributed by atoms with E-state index in [9.17, 15) is 0 Å². The molecule has 1 heterocycles. The van der Waals surface area contributed by atoms with Crippen LogP contribution >= 0.6 is 11.6 Å². The number of hydrogen-bond acceptors (Lipinski definition) is 3. The summed E-state index contributed by atoms with van der Waals surface area (Å²) in [5.74, 6) is 1.19. The van der Waals surface area contributed by atoms with Crippen LogP contribution in [0.3, 0.4) is 0 Å². The standard InChI is InChI=1S/C16H17ClN2O/c1-11-18-15(9-16(17)19-11)13-7-14(8-13)20-10-12-5-3-2-4-6-12/h2-6,9,13-14H,7-8,10H2,1H3/t13-,14-. The minimum atomic E-state index is 0.328. The Morgan fingerprint density at radius 2 is 1.95 bits per heavy atom. The zero-order valence-electron chi connectivity index (χ0n) is 11.4. The SMILES string of the molecule is Cc1nc(Cl)cc([C@H]2C[C@H](OCc3ccccc3)C2)n1. The van der Waals surface area contributed by atoms with Crippen molar-refractivity contribution in [3.8, 4) is 0 Å². The largest absolute Gasteiger partial charge is 0.373 e. The first kappa shape index (κ1) is 13.5. The summed E-state index contributed by atoms with van der Waals surface area (Å²) in [4.78, 5) is 8.55. The average molecular weight is 289 g/mol. The Balaban J connectivity index is 1.51. The van der Waals surface area contributed by atoms with Gasteiger partial charge in [-0.15, -0.1) is 0 Å². The van der Waals surface area contributed by atoms with Crippen molar-refractivity contribution < 1.29 is 4.74 Å². The molecule has 3 nitrogen and oxygen atoms in total. The number of benzene rings is 1. The van der Waals surface area contributed by atoms with Crippen molar-refractivity contribution in [2.45, 2.75) is 38.4 Å². The monoisotopic (exact) mass is 288 g/mol. The molecule has 2 aromatic rings. The number of rotatable bonds is 4. The first-order chi connectivity index (χ1) is 9.70. The zero-order valence-corrected chi connectivity index (χ0v) is 12.2. The number of ether oxygens (including phenoxy) is 1. The molecule has 104 valence electrons. The van der Waals surface area contributed by atoms with Crippen LogP contribution in [0.1, 0.15) is 35.8 Å². The topological polar surface area (TPSA) is 35.0 Å². The smallest absolute Gasteiger partial charge is 0.133 e. The molecule has 1 aromatic carbocycles. The number of aryl methyl sites for hydroxylation is 1. The Morgan fingerprint density at radius 1 is 1.20 bits per heavy atom. The molecule has 1 aromatic heterocycles. The predicted molar refractivity (Wildman–Crippen MR) is 78.8 cm³/mol. The van der Waals surface area contributed by atoms with Gasteiger partial charge in [0.1, 0.15) is 11.0 Å². The van der Waals surface area contributed by atoms with Crippen molar-refractivity contribution in [3.63, 3.8) is 0 Å². The van der Waals surface area contributed by atoms with Gasteiger partial charge >= 0.3 is 0 Å². The van der Waals surface area contributed by atoms with Crippen molar-refractivity contribution >= 4 is 11.6 Å². The Hall–Kier alpha value is -1.45. The van der Waals surface area contributed by atoms with Crippen LogP contribution in [0.2, 0.25) is 5.15 Å². The van der Waals surface area contributed by atoms with Gasteiger partial charge in [0.15, 0.2) is 0 Å². The van der Waals surface area contributed by atoms with Crippen LogP contribution in [0.15, 0.2) is 36.4 Å². The van der Waals surface area contributed by atoms with Crippen LogP contribution < -0.4 is 0 Å². The Bertz CT molecular complexity index is 562. The molecule has 1 aliphatic rings. The number of nitrogens with zero attached hydrogens (tertiary/aromatic N) is 2. The van der Waals surface area contributed by atoms with Gasteiger partial charge in [-0.1, -0.05) is 41.9 Å². The summed E-state index contributed by atoms with van der Waals surface area (Å²) in [6, 6.07) is 12.1. The van der Waals surface area contributed by atoms with E-state index in [-0.39, 0.29) is 0 Å². The molecule has 1 aliphatic carbocycles. The van der Waals surface area contributed by atoms with E-state index in [0.29, 0.717) is 23.8 Å². The first-order valence-electron chi connectivity index (χ1n) is 6.87. The molecule has 0 N–H and O–H groups in total. The van der Waals surface area contributed by atoms with Crippen LogP contribution in [0, 0.1) is 6.92 Å². The lowest BCUT2D eigenvalue weighted by atomic mass is 9.80. The fourth-order valence-corrected chi connectivity index (χ4v) is 2.73. The molecule has 0 bridgehead atoms. The molecule has 0 radical (unpaired) electrons. The van der Waals surface area contributed by atoms with E-state index >= 15 is 0 Å². The molecule has 0 saturated heterocycles. The highest BCUT2D eigenvalue weighted by molar-refractivity contribution is 6.29. The molecule has 0 unspecified atom stereocenters. The molecular formula is C16H17ClN2O. The third-order valence-electron chi connectivity index (χ3n) is 3.67. The second-order valence-corrected chi connectivity index (χ2v) is 5.64. The Labute approximate surface area is 124 Å². The fraction of sp³-hybridized carbons (Fsp3) is 0.375. The van der Waals surface area contributed by atoms with Gasteiger partial charge in [-0.3, -0.25) is 0 Å². The molecule has 0 aliphatic heterocycles. The molecule has 0 amide bonds. The second kappa shape index (κ2) is 5.90. The maximum absolute atomic E-state index is 5.97. The van der Waals surface area contributed by atoms with E-state index in [0.717, 1.165) is 24.4 Å². The second-order valence-electron chi connectivity index (χ2n) is 5.25. The highest BCUT2D eigenvalue weighted by atomic mass is 35.5. The van der Waals surface area contributed by atoms with E-state index in [1.807, 2.05) is 31.2 Å². The van der Waals surface area contributed by atoms with Crippen LogP contribution in [-0.2, 0) is 11.3 Å². The number of hydrogen-bond donors (Lipinski definition) is 0. The summed E-state index contributed by atoms with van der Waals surface area (Å²) in [6.07, 6.45) is 2.36. The average Bonchev–Trinajstić information content (AvgIpc) is 2.37. The third-order valence-corrected chi connectivity index (χ3v) is 3.86.